The maximum Gasteiger partial charge on any atom is 0.335 e. The van der Waals surface area contributed by atoms with Crippen LogP contribution < -0.4 is 0 Å². The number of carbonyl (C=O) groups excluding carboxylic acids is 1. The highest BCUT2D eigenvalue weighted by atomic mass is 16.5. The van der Waals surface area contributed by atoms with Crippen LogP contribution in [0.5, 0.6) is 0 Å². The van der Waals surface area contributed by atoms with Gasteiger partial charge in [0, 0.05) is 33.7 Å². The van der Waals surface area contributed by atoms with Gasteiger partial charge in [-0.05, 0) is 24.6 Å². The van der Waals surface area contributed by atoms with E-state index >= 15 is 0 Å². The lowest BCUT2D eigenvalue weighted by atomic mass is 10.0. The van der Waals surface area contributed by atoms with Gasteiger partial charge in [0.25, 0.3) is 5.91 Å². The average molecular weight is 306 g/mol. The molecular formula is C16H22N2O4. The van der Waals surface area contributed by atoms with Crippen molar-refractivity contribution in [1.82, 2.24) is 9.80 Å². The lowest BCUT2D eigenvalue weighted by Gasteiger charge is -2.40. The third-order valence-electron chi connectivity index (χ3n) is 3.79. The summed E-state index contributed by atoms with van der Waals surface area (Å²) in [5.74, 6) is -0.993. The van der Waals surface area contributed by atoms with Gasteiger partial charge in [-0.3, -0.25) is 9.69 Å². The first kappa shape index (κ1) is 16.5. The van der Waals surface area contributed by atoms with E-state index in [2.05, 4.69) is 4.90 Å². The average Bonchev–Trinajstić information content (AvgIpc) is 2.46. The van der Waals surface area contributed by atoms with Gasteiger partial charge in [0.2, 0.25) is 0 Å². The number of carbonyl (C=O) groups is 2. The zero-order chi connectivity index (χ0) is 16.3. The molecule has 1 aliphatic heterocycles. The van der Waals surface area contributed by atoms with Gasteiger partial charge in [0.05, 0.1) is 12.2 Å². The Morgan fingerprint density at radius 1 is 1.41 bits per heavy atom. The van der Waals surface area contributed by atoms with Crippen molar-refractivity contribution >= 4 is 11.9 Å². The Balaban J connectivity index is 2.09. The fourth-order valence-corrected chi connectivity index (χ4v) is 2.75. The third-order valence-corrected chi connectivity index (χ3v) is 3.79. The Kier molecular flexibility index (Phi) is 4.83. The van der Waals surface area contributed by atoms with Crippen LogP contribution in [0, 0.1) is 0 Å². The predicted octanol–water partition coefficient (Wildman–Crippen LogP) is 1.06. The fourth-order valence-electron chi connectivity index (χ4n) is 2.75. The highest BCUT2D eigenvalue weighted by molar-refractivity contribution is 5.87. The van der Waals surface area contributed by atoms with Gasteiger partial charge < -0.3 is 14.7 Å². The number of benzene rings is 1. The summed E-state index contributed by atoms with van der Waals surface area (Å²) in [6.07, 6.45) is 0. The molecule has 1 aliphatic rings. The number of carboxylic acids is 1. The first-order valence-electron chi connectivity index (χ1n) is 7.22. The molecule has 1 aromatic rings. The molecule has 0 unspecified atom stereocenters. The van der Waals surface area contributed by atoms with E-state index in [4.69, 9.17) is 9.84 Å². The predicted molar refractivity (Wildman–Crippen MR) is 81.7 cm³/mol. The second-order valence-corrected chi connectivity index (χ2v) is 6.00. The highest BCUT2D eigenvalue weighted by Crippen LogP contribution is 2.21. The number of aromatic carboxylic acids is 1. The molecule has 1 atom stereocenters. The lowest BCUT2D eigenvalue weighted by molar-refractivity contribution is -0.165. The number of morpholine rings is 1. The van der Waals surface area contributed by atoms with Crippen LogP contribution >= 0.6 is 0 Å². The van der Waals surface area contributed by atoms with Crippen molar-refractivity contribution in [3.63, 3.8) is 0 Å². The number of nitrogens with zero attached hydrogens (tertiary/aromatic N) is 2. The maximum absolute atomic E-state index is 12.3. The fraction of sp³-hybridized carbons (Fsp3) is 0.500. The molecular weight excluding hydrogens is 284 g/mol. The summed E-state index contributed by atoms with van der Waals surface area (Å²) in [6.45, 7) is 4.08. The molecule has 0 bridgehead atoms. The van der Waals surface area contributed by atoms with Gasteiger partial charge >= 0.3 is 5.97 Å². The van der Waals surface area contributed by atoms with Gasteiger partial charge in [-0.15, -0.1) is 0 Å². The molecule has 0 radical (unpaired) electrons. The molecule has 0 spiro atoms. The lowest BCUT2D eigenvalue weighted by Crippen LogP contribution is -2.57. The van der Waals surface area contributed by atoms with Crippen molar-refractivity contribution in [1.29, 1.82) is 0 Å². The molecule has 1 N–H and O–H groups in total. The Labute approximate surface area is 130 Å². The second-order valence-electron chi connectivity index (χ2n) is 6.00. The largest absolute Gasteiger partial charge is 0.478 e. The molecule has 22 heavy (non-hydrogen) atoms. The zero-order valence-corrected chi connectivity index (χ0v) is 13.2. The number of carboxylic acid groups (broad SMARTS) is 1. The minimum Gasteiger partial charge on any atom is -0.478 e. The molecule has 6 heteroatoms. The Hall–Kier alpha value is -1.92. The van der Waals surface area contributed by atoms with Crippen molar-refractivity contribution in [2.75, 3.05) is 33.8 Å². The minimum atomic E-state index is -0.934. The van der Waals surface area contributed by atoms with Crippen molar-refractivity contribution in [2.45, 2.75) is 19.1 Å². The normalized spacial score (nSPS) is 22.3. The van der Waals surface area contributed by atoms with Crippen molar-refractivity contribution in [3.8, 4) is 0 Å². The summed E-state index contributed by atoms with van der Waals surface area (Å²) in [7, 11) is 3.43. The summed E-state index contributed by atoms with van der Waals surface area (Å²) >= 11 is 0. The van der Waals surface area contributed by atoms with Gasteiger partial charge in [0.15, 0.2) is 5.60 Å². The van der Waals surface area contributed by atoms with E-state index in [0.29, 0.717) is 26.2 Å². The number of rotatable bonds is 4. The van der Waals surface area contributed by atoms with E-state index in [1.807, 2.05) is 6.07 Å². The van der Waals surface area contributed by atoms with Crippen LogP contribution in [-0.4, -0.2) is 66.2 Å². The molecule has 1 fully saturated rings. The van der Waals surface area contributed by atoms with Crippen LogP contribution in [0.2, 0.25) is 0 Å². The molecule has 0 saturated carbocycles. The third kappa shape index (κ3) is 3.64. The van der Waals surface area contributed by atoms with Crippen LogP contribution in [0.3, 0.4) is 0 Å². The number of hydrogen-bond donors (Lipinski definition) is 1. The molecule has 1 amide bonds. The topological polar surface area (TPSA) is 70.1 Å². The monoisotopic (exact) mass is 306 g/mol. The van der Waals surface area contributed by atoms with Gasteiger partial charge in [-0.25, -0.2) is 4.79 Å². The number of amides is 1. The molecule has 6 nitrogen and oxygen atoms in total. The first-order chi connectivity index (χ1) is 10.3. The SMILES string of the molecule is CN(C)C(=O)[C@]1(C)CN(Cc2cccc(C(=O)O)c2)CCO1. The summed E-state index contributed by atoms with van der Waals surface area (Å²) in [4.78, 5) is 26.9. The van der Waals surface area contributed by atoms with Crippen molar-refractivity contribution in [3.05, 3.63) is 35.4 Å². The highest BCUT2D eigenvalue weighted by Gasteiger charge is 2.40. The van der Waals surface area contributed by atoms with Gasteiger partial charge in [-0.2, -0.15) is 0 Å². The Morgan fingerprint density at radius 2 is 2.14 bits per heavy atom. The molecule has 1 heterocycles. The van der Waals surface area contributed by atoms with E-state index in [1.165, 1.54) is 4.90 Å². The van der Waals surface area contributed by atoms with Crippen LogP contribution in [0.15, 0.2) is 24.3 Å². The maximum atomic E-state index is 12.3. The molecule has 0 aliphatic carbocycles. The van der Waals surface area contributed by atoms with E-state index < -0.39 is 11.6 Å². The van der Waals surface area contributed by atoms with E-state index in [9.17, 15) is 9.59 Å². The second kappa shape index (κ2) is 6.46. The van der Waals surface area contributed by atoms with Crippen molar-refractivity contribution in [2.24, 2.45) is 0 Å². The van der Waals surface area contributed by atoms with Crippen LogP contribution in [0.4, 0.5) is 0 Å². The summed E-state index contributed by atoms with van der Waals surface area (Å²) in [5, 5.41) is 9.05. The van der Waals surface area contributed by atoms with Crippen molar-refractivity contribution < 1.29 is 19.4 Å². The number of likely N-dealkylation sites (N-methyl/N-ethyl adjacent to an activating group) is 1. The standard InChI is InChI=1S/C16H22N2O4/c1-16(15(21)17(2)3)11-18(7-8-22-16)10-12-5-4-6-13(9-12)14(19)20/h4-6,9H,7-8,10-11H2,1-3H3,(H,19,20)/t16-/m0/s1. The summed E-state index contributed by atoms with van der Waals surface area (Å²) in [6, 6.07) is 6.88. The molecule has 120 valence electrons. The van der Waals surface area contributed by atoms with E-state index in [1.54, 1.807) is 39.2 Å². The molecule has 1 saturated heterocycles. The van der Waals surface area contributed by atoms with Crippen LogP contribution in [0.1, 0.15) is 22.8 Å². The van der Waals surface area contributed by atoms with Crippen LogP contribution in [0.25, 0.3) is 0 Å². The quantitative estimate of drug-likeness (QED) is 0.901. The Morgan fingerprint density at radius 3 is 2.77 bits per heavy atom. The molecule has 2 rings (SSSR count). The minimum absolute atomic E-state index is 0.0588. The number of hydrogen-bond acceptors (Lipinski definition) is 4. The van der Waals surface area contributed by atoms with Crippen LogP contribution in [-0.2, 0) is 16.1 Å². The van der Waals surface area contributed by atoms with E-state index in [-0.39, 0.29) is 11.5 Å². The first-order valence-corrected chi connectivity index (χ1v) is 7.22. The summed E-state index contributed by atoms with van der Waals surface area (Å²) in [5.41, 5.74) is 0.339. The smallest absolute Gasteiger partial charge is 0.335 e. The summed E-state index contributed by atoms with van der Waals surface area (Å²) < 4.78 is 5.69. The van der Waals surface area contributed by atoms with Gasteiger partial charge in [0.1, 0.15) is 0 Å². The Bertz CT molecular complexity index is 573. The molecule has 1 aromatic carbocycles. The number of ether oxygens (including phenoxy) is 1. The zero-order valence-electron chi connectivity index (χ0n) is 13.2. The van der Waals surface area contributed by atoms with Gasteiger partial charge in [-0.1, -0.05) is 12.1 Å². The molecule has 0 aromatic heterocycles. The van der Waals surface area contributed by atoms with E-state index in [0.717, 1.165) is 5.56 Å².